The molecule has 0 unspecified atom stereocenters. The number of nitrogens with two attached hydrogens (primary N) is 1. The molecule has 0 saturated carbocycles. The normalized spacial score (nSPS) is 11.6. The Labute approximate surface area is 137 Å². The maximum Gasteiger partial charge on any atom is 0.418 e. The third kappa shape index (κ3) is 3.40. The van der Waals surface area contributed by atoms with E-state index in [1.807, 2.05) is 0 Å². The first-order valence-corrected chi connectivity index (χ1v) is 7.53. The molecule has 1 aromatic carbocycles. The van der Waals surface area contributed by atoms with E-state index in [0.29, 0.717) is 6.07 Å². The van der Waals surface area contributed by atoms with Gasteiger partial charge in [0.25, 0.3) is 5.91 Å². The van der Waals surface area contributed by atoms with E-state index in [-0.39, 0.29) is 10.6 Å². The van der Waals surface area contributed by atoms with Gasteiger partial charge in [0.1, 0.15) is 10.8 Å². The number of alkyl halides is 3. The zero-order valence-corrected chi connectivity index (χ0v) is 13.0. The smallest absolute Gasteiger partial charge is 0.366 e. The topological polar surface area (TPSA) is 68.9 Å². The summed E-state index contributed by atoms with van der Waals surface area (Å²) in [7, 11) is 0. The Morgan fingerprint density at radius 2 is 2.00 bits per heavy atom. The molecule has 0 aliphatic heterocycles. The Bertz CT molecular complexity index is 783. The molecule has 0 radical (unpaired) electrons. The van der Waals surface area contributed by atoms with Gasteiger partial charge in [-0.3, -0.25) is 4.79 Å². The van der Waals surface area contributed by atoms with Gasteiger partial charge in [-0.15, -0.1) is 16.9 Å². The summed E-state index contributed by atoms with van der Waals surface area (Å²) in [6.45, 7) is 0. The lowest BCUT2D eigenvalue weighted by molar-refractivity contribution is -0.137. The monoisotopic (exact) mass is 365 g/mol. The Kier molecular flexibility index (Phi) is 4.81. The lowest BCUT2D eigenvalue weighted by Gasteiger charge is -2.17. The van der Waals surface area contributed by atoms with E-state index in [2.05, 4.69) is 10.2 Å². The van der Waals surface area contributed by atoms with Crippen LogP contribution in [0.5, 0.6) is 0 Å². The molecular weight excluding hydrogens is 358 g/mol. The van der Waals surface area contributed by atoms with E-state index < -0.39 is 39.6 Å². The molecule has 122 valence electrons. The first kappa shape index (κ1) is 17.5. The number of halogens is 5. The molecule has 10 heteroatoms. The molecule has 0 fully saturated rings. The number of hydrogen-bond donors (Lipinski definition) is 1. The van der Waals surface area contributed by atoms with Crippen molar-refractivity contribution >= 4 is 29.3 Å². The van der Waals surface area contributed by atoms with Gasteiger partial charge in [0.15, 0.2) is 0 Å². The van der Waals surface area contributed by atoms with Gasteiger partial charge in [0, 0.05) is 11.1 Å². The van der Waals surface area contributed by atoms with Crippen molar-refractivity contribution in [3.05, 3.63) is 40.3 Å². The van der Waals surface area contributed by atoms with Gasteiger partial charge in [-0.05, 0) is 18.4 Å². The van der Waals surface area contributed by atoms with Gasteiger partial charge >= 0.3 is 6.18 Å². The van der Waals surface area contributed by atoms with E-state index in [4.69, 9.17) is 17.3 Å². The van der Waals surface area contributed by atoms with Crippen molar-refractivity contribution in [3.8, 4) is 11.1 Å². The Morgan fingerprint density at radius 3 is 2.52 bits per heavy atom. The van der Waals surface area contributed by atoms with Gasteiger partial charge in [-0.1, -0.05) is 11.6 Å². The van der Waals surface area contributed by atoms with Crippen LogP contribution in [0.2, 0.25) is 5.02 Å². The third-order valence-corrected chi connectivity index (χ3v) is 3.81. The van der Waals surface area contributed by atoms with Gasteiger partial charge < -0.3 is 5.73 Å². The van der Waals surface area contributed by atoms with Gasteiger partial charge in [-0.2, -0.15) is 18.3 Å². The fourth-order valence-electron chi connectivity index (χ4n) is 1.94. The van der Waals surface area contributed by atoms with Crippen LogP contribution in [0.25, 0.3) is 11.1 Å². The average Bonchev–Trinajstić information content (AvgIpc) is 2.47. The van der Waals surface area contributed by atoms with Crippen LogP contribution in [-0.4, -0.2) is 22.4 Å². The van der Waals surface area contributed by atoms with Crippen molar-refractivity contribution in [3.63, 3.8) is 0 Å². The molecule has 0 atom stereocenters. The van der Waals surface area contributed by atoms with Crippen molar-refractivity contribution in [2.45, 2.75) is 11.2 Å². The second kappa shape index (κ2) is 6.32. The van der Waals surface area contributed by atoms with E-state index in [1.54, 1.807) is 6.26 Å². The summed E-state index contributed by atoms with van der Waals surface area (Å²) in [4.78, 5) is 11.3. The second-order valence-electron chi connectivity index (χ2n) is 4.32. The van der Waals surface area contributed by atoms with E-state index in [1.165, 1.54) is 6.07 Å². The minimum absolute atomic E-state index is 0.209. The molecule has 2 aromatic rings. The van der Waals surface area contributed by atoms with Crippen LogP contribution >= 0.6 is 23.4 Å². The lowest BCUT2D eigenvalue weighted by Crippen LogP contribution is -2.17. The van der Waals surface area contributed by atoms with Crippen LogP contribution in [0.4, 0.5) is 17.6 Å². The highest BCUT2D eigenvalue weighted by molar-refractivity contribution is 7.98. The third-order valence-electron chi connectivity index (χ3n) is 2.89. The SMILES string of the molecule is CSc1cc(-c2c(F)c(C(N)=O)cc(Cl)c2C(F)(F)F)cnn1. The first-order chi connectivity index (χ1) is 10.7. The number of carbonyl (C=O) groups excluding carboxylic acids is 1. The molecule has 0 aliphatic rings. The summed E-state index contributed by atoms with van der Waals surface area (Å²) in [5, 5.41) is 6.65. The molecule has 0 saturated heterocycles. The molecule has 2 N–H and O–H groups in total. The van der Waals surface area contributed by atoms with Crippen molar-refractivity contribution in [2.75, 3.05) is 6.26 Å². The van der Waals surface area contributed by atoms with Gasteiger partial charge in [0.05, 0.1) is 22.3 Å². The number of aromatic nitrogens is 2. The van der Waals surface area contributed by atoms with E-state index in [0.717, 1.165) is 18.0 Å². The summed E-state index contributed by atoms with van der Waals surface area (Å²) in [6.07, 6.45) is -2.36. The highest BCUT2D eigenvalue weighted by Crippen LogP contribution is 2.44. The molecule has 23 heavy (non-hydrogen) atoms. The fourth-order valence-corrected chi connectivity index (χ4v) is 2.62. The van der Waals surface area contributed by atoms with E-state index in [9.17, 15) is 22.4 Å². The number of carbonyl (C=O) groups is 1. The molecule has 0 aliphatic carbocycles. The average molecular weight is 366 g/mol. The van der Waals surface area contributed by atoms with Crippen LogP contribution in [0, 0.1) is 5.82 Å². The number of rotatable bonds is 3. The predicted octanol–water partition coefficient (Wildman–Crippen LogP) is 3.78. The maximum absolute atomic E-state index is 14.5. The molecule has 0 bridgehead atoms. The largest absolute Gasteiger partial charge is 0.418 e. The number of thioether (sulfide) groups is 1. The molecule has 2 rings (SSSR count). The second-order valence-corrected chi connectivity index (χ2v) is 5.55. The number of primary amides is 1. The van der Waals surface area contributed by atoms with Crippen molar-refractivity contribution < 1.29 is 22.4 Å². The van der Waals surface area contributed by atoms with Crippen LogP contribution in [0.3, 0.4) is 0 Å². The quantitative estimate of drug-likeness (QED) is 0.664. The van der Waals surface area contributed by atoms with Crippen LogP contribution < -0.4 is 5.73 Å². The minimum atomic E-state index is -4.94. The highest BCUT2D eigenvalue weighted by atomic mass is 35.5. The standard InChI is InChI=1S/C13H8ClF4N3OS/c1-23-8-2-5(4-20-21-8)9-10(13(16,17)18)7(14)3-6(11(9)15)12(19)22/h2-4H,1H3,(H2,19,22). The van der Waals surface area contributed by atoms with Crippen molar-refractivity contribution in [1.82, 2.24) is 10.2 Å². The molecule has 0 spiro atoms. The Morgan fingerprint density at radius 1 is 1.35 bits per heavy atom. The Hall–Kier alpha value is -1.87. The van der Waals surface area contributed by atoms with Gasteiger partial charge in [-0.25, -0.2) is 4.39 Å². The van der Waals surface area contributed by atoms with Crippen LogP contribution in [-0.2, 0) is 6.18 Å². The maximum atomic E-state index is 14.5. The molecule has 1 heterocycles. The number of benzene rings is 1. The number of hydrogen-bond acceptors (Lipinski definition) is 4. The van der Waals surface area contributed by atoms with Crippen molar-refractivity contribution in [2.24, 2.45) is 5.73 Å². The van der Waals surface area contributed by atoms with Crippen molar-refractivity contribution in [1.29, 1.82) is 0 Å². The summed E-state index contributed by atoms with van der Waals surface area (Å²) >= 11 is 6.73. The minimum Gasteiger partial charge on any atom is -0.366 e. The number of nitrogens with zero attached hydrogens (tertiary/aromatic N) is 2. The zero-order valence-electron chi connectivity index (χ0n) is 11.4. The van der Waals surface area contributed by atoms with Crippen LogP contribution in [0.15, 0.2) is 23.4 Å². The summed E-state index contributed by atoms with van der Waals surface area (Å²) in [6, 6.07) is 1.78. The summed E-state index contributed by atoms with van der Waals surface area (Å²) in [5.74, 6) is -2.64. The lowest BCUT2D eigenvalue weighted by atomic mass is 9.96. The van der Waals surface area contributed by atoms with E-state index >= 15 is 0 Å². The van der Waals surface area contributed by atoms with Gasteiger partial charge in [0.2, 0.25) is 0 Å². The Balaban J connectivity index is 2.90. The van der Waals surface area contributed by atoms with Crippen LogP contribution in [0.1, 0.15) is 15.9 Å². The molecule has 1 amide bonds. The molecular formula is C13H8ClF4N3OS. The fraction of sp³-hybridized carbons (Fsp3) is 0.154. The summed E-state index contributed by atoms with van der Waals surface area (Å²) < 4.78 is 54.3. The predicted molar refractivity (Wildman–Crippen MR) is 77.7 cm³/mol. The first-order valence-electron chi connectivity index (χ1n) is 5.93. The number of amides is 1. The zero-order chi connectivity index (χ0) is 17.4. The highest BCUT2D eigenvalue weighted by Gasteiger charge is 2.39. The molecule has 4 nitrogen and oxygen atoms in total. The molecule has 1 aromatic heterocycles. The summed E-state index contributed by atoms with van der Waals surface area (Å²) in [5.41, 5.74) is 1.76.